The topological polar surface area (TPSA) is 68.5 Å². The second-order valence-corrected chi connectivity index (χ2v) is 7.19. The minimum absolute atomic E-state index is 0.0205. The van der Waals surface area contributed by atoms with Crippen molar-refractivity contribution in [2.75, 3.05) is 7.11 Å². The van der Waals surface area contributed by atoms with Crippen molar-refractivity contribution in [2.45, 2.75) is 26.4 Å². The van der Waals surface area contributed by atoms with Crippen molar-refractivity contribution < 1.29 is 14.1 Å². The number of halogens is 1. The zero-order chi connectivity index (χ0) is 19.4. The summed E-state index contributed by atoms with van der Waals surface area (Å²) in [6, 6.07) is 14.7. The summed E-state index contributed by atoms with van der Waals surface area (Å²) in [5, 5.41) is 4.03. The first-order valence-corrected chi connectivity index (χ1v) is 9.31. The highest BCUT2D eigenvalue weighted by molar-refractivity contribution is 9.10. The molecule has 0 aliphatic heterocycles. The van der Waals surface area contributed by atoms with Gasteiger partial charge in [-0.3, -0.25) is 4.79 Å². The monoisotopic (exact) mass is 429 g/mol. The van der Waals surface area contributed by atoms with Gasteiger partial charge in [0.2, 0.25) is 11.7 Å². The standard InChI is InChI=1S/C20H20BrN3O3/c1-13(2)24(20(25)15-5-4-6-16(21)11-15)12-18-22-19(23-27-18)14-7-9-17(26-3)10-8-14/h4-11,13H,12H2,1-3H3. The molecule has 3 aromatic rings. The molecule has 1 amide bonds. The molecule has 7 heteroatoms. The van der Waals surface area contributed by atoms with Gasteiger partial charge in [0.25, 0.3) is 5.91 Å². The molecule has 0 fully saturated rings. The first-order chi connectivity index (χ1) is 13.0. The highest BCUT2D eigenvalue weighted by Gasteiger charge is 2.22. The molecule has 0 saturated carbocycles. The molecule has 1 aromatic heterocycles. The maximum atomic E-state index is 12.9. The third kappa shape index (κ3) is 4.54. The number of ether oxygens (including phenoxy) is 1. The number of methoxy groups -OCH3 is 1. The van der Waals surface area contributed by atoms with E-state index in [1.54, 1.807) is 24.1 Å². The summed E-state index contributed by atoms with van der Waals surface area (Å²) < 4.78 is 11.4. The fourth-order valence-corrected chi connectivity index (χ4v) is 3.00. The fourth-order valence-electron chi connectivity index (χ4n) is 2.60. The molecule has 0 aliphatic carbocycles. The molecule has 0 unspecified atom stereocenters. The van der Waals surface area contributed by atoms with Gasteiger partial charge in [0.1, 0.15) is 12.3 Å². The van der Waals surface area contributed by atoms with Crippen LogP contribution in [-0.2, 0) is 6.54 Å². The summed E-state index contributed by atoms with van der Waals surface area (Å²) in [7, 11) is 1.62. The number of benzene rings is 2. The Bertz CT molecular complexity index is 922. The van der Waals surface area contributed by atoms with Crippen molar-refractivity contribution in [1.29, 1.82) is 0 Å². The minimum Gasteiger partial charge on any atom is -0.497 e. The Hall–Kier alpha value is -2.67. The van der Waals surface area contributed by atoms with Gasteiger partial charge in [-0.05, 0) is 56.3 Å². The lowest BCUT2D eigenvalue weighted by molar-refractivity contribution is 0.0667. The zero-order valence-electron chi connectivity index (χ0n) is 15.3. The Morgan fingerprint density at radius 2 is 1.96 bits per heavy atom. The molecular formula is C20H20BrN3O3. The summed E-state index contributed by atoms with van der Waals surface area (Å²) >= 11 is 3.40. The molecular weight excluding hydrogens is 410 g/mol. The quantitative estimate of drug-likeness (QED) is 0.574. The molecule has 0 atom stereocenters. The molecule has 1 heterocycles. The van der Waals surface area contributed by atoms with Gasteiger partial charge in [0.05, 0.1) is 7.11 Å². The lowest BCUT2D eigenvalue weighted by Gasteiger charge is -2.25. The number of aromatic nitrogens is 2. The van der Waals surface area contributed by atoms with Crippen LogP contribution in [0.3, 0.4) is 0 Å². The lowest BCUT2D eigenvalue weighted by atomic mass is 10.1. The third-order valence-corrected chi connectivity index (χ3v) is 4.57. The van der Waals surface area contributed by atoms with E-state index in [0.29, 0.717) is 17.3 Å². The van der Waals surface area contributed by atoms with Crippen LogP contribution in [0.5, 0.6) is 5.75 Å². The summed E-state index contributed by atoms with van der Waals surface area (Å²) in [5.74, 6) is 1.53. The fraction of sp³-hybridized carbons (Fsp3) is 0.250. The molecule has 0 N–H and O–H groups in total. The van der Waals surface area contributed by atoms with Crippen molar-refractivity contribution in [3.8, 4) is 17.1 Å². The largest absolute Gasteiger partial charge is 0.497 e. The first-order valence-electron chi connectivity index (χ1n) is 8.51. The van der Waals surface area contributed by atoms with E-state index in [1.807, 2.05) is 50.2 Å². The van der Waals surface area contributed by atoms with Gasteiger partial charge in [0.15, 0.2) is 0 Å². The van der Waals surface area contributed by atoms with Crippen molar-refractivity contribution in [2.24, 2.45) is 0 Å². The van der Waals surface area contributed by atoms with Crippen LogP contribution < -0.4 is 4.74 Å². The number of carbonyl (C=O) groups excluding carboxylic acids is 1. The zero-order valence-corrected chi connectivity index (χ0v) is 16.9. The van der Waals surface area contributed by atoms with Gasteiger partial charge >= 0.3 is 0 Å². The van der Waals surface area contributed by atoms with E-state index < -0.39 is 0 Å². The second kappa shape index (κ2) is 8.35. The van der Waals surface area contributed by atoms with Crippen LogP contribution in [0.1, 0.15) is 30.1 Å². The number of rotatable bonds is 6. The van der Waals surface area contributed by atoms with Crippen LogP contribution in [0.2, 0.25) is 0 Å². The normalized spacial score (nSPS) is 10.9. The number of hydrogen-bond acceptors (Lipinski definition) is 5. The van der Waals surface area contributed by atoms with E-state index in [0.717, 1.165) is 15.8 Å². The highest BCUT2D eigenvalue weighted by atomic mass is 79.9. The molecule has 27 heavy (non-hydrogen) atoms. The van der Waals surface area contributed by atoms with Gasteiger partial charge in [-0.2, -0.15) is 4.98 Å². The maximum Gasteiger partial charge on any atom is 0.254 e. The van der Waals surface area contributed by atoms with Gasteiger partial charge in [0, 0.05) is 21.6 Å². The maximum absolute atomic E-state index is 12.9. The van der Waals surface area contributed by atoms with Crippen molar-refractivity contribution in [3.63, 3.8) is 0 Å². The Morgan fingerprint density at radius 1 is 1.22 bits per heavy atom. The van der Waals surface area contributed by atoms with Crippen LogP contribution in [0, 0.1) is 0 Å². The van der Waals surface area contributed by atoms with E-state index in [4.69, 9.17) is 9.26 Å². The summed E-state index contributed by atoms with van der Waals surface area (Å²) in [6.45, 7) is 4.15. The Morgan fingerprint density at radius 3 is 2.59 bits per heavy atom. The summed E-state index contributed by atoms with van der Waals surface area (Å²) in [5.41, 5.74) is 1.42. The summed E-state index contributed by atoms with van der Waals surface area (Å²) in [6.07, 6.45) is 0. The molecule has 0 saturated heterocycles. The van der Waals surface area contributed by atoms with Gasteiger partial charge < -0.3 is 14.2 Å². The minimum atomic E-state index is -0.0875. The van der Waals surface area contributed by atoms with Gasteiger partial charge in [-0.15, -0.1) is 0 Å². The number of carbonyl (C=O) groups is 1. The number of amides is 1. The van der Waals surface area contributed by atoms with E-state index in [2.05, 4.69) is 26.1 Å². The molecule has 0 spiro atoms. The van der Waals surface area contributed by atoms with Gasteiger partial charge in [-0.25, -0.2) is 0 Å². The Balaban J connectivity index is 1.79. The first kappa shape index (κ1) is 19.1. The Labute approximate surface area is 166 Å². The van der Waals surface area contributed by atoms with Crippen molar-refractivity contribution >= 4 is 21.8 Å². The average molecular weight is 430 g/mol. The van der Waals surface area contributed by atoms with E-state index >= 15 is 0 Å². The van der Waals surface area contributed by atoms with E-state index in [-0.39, 0.29) is 18.5 Å². The number of nitrogens with zero attached hydrogens (tertiary/aromatic N) is 3. The van der Waals surface area contributed by atoms with Crippen LogP contribution >= 0.6 is 15.9 Å². The molecule has 140 valence electrons. The van der Waals surface area contributed by atoms with Crippen LogP contribution in [0.4, 0.5) is 0 Å². The molecule has 0 aliphatic rings. The summed E-state index contributed by atoms with van der Waals surface area (Å²) in [4.78, 5) is 19.0. The predicted octanol–water partition coefficient (Wildman–Crippen LogP) is 4.56. The number of hydrogen-bond donors (Lipinski definition) is 0. The van der Waals surface area contributed by atoms with Crippen molar-refractivity contribution in [1.82, 2.24) is 15.0 Å². The molecule has 2 aromatic carbocycles. The SMILES string of the molecule is COc1ccc(-c2noc(CN(C(=O)c3cccc(Br)c3)C(C)C)n2)cc1. The average Bonchev–Trinajstić information content (AvgIpc) is 3.14. The van der Waals surface area contributed by atoms with E-state index in [9.17, 15) is 4.79 Å². The predicted molar refractivity (Wildman–Crippen MR) is 105 cm³/mol. The smallest absolute Gasteiger partial charge is 0.254 e. The lowest BCUT2D eigenvalue weighted by Crippen LogP contribution is -2.36. The third-order valence-electron chi connectivity index (χ3n) is 4.08. The molecule has 0 radical (unpaired) electrons. The van der Waals surface area contributed by atoms with Crippen LogP contribution in [0.15, 0.2) is 57.5 Å². The van der Waals surface area contributed by atoms with Crippen LogP contribution in [0.25, 0.3) is 11.4 Å². The molecule has 0 bridgehead atoms. The van der Waals surface area contributed by atoms with Gasteiger partial charge in [-0.1, -0.05) is 27.2 Å². The Kier molecular flexibility index (Phi) is 5.91. The molecule has 3 rings (SSSR count). The van der Waals surface area contributed by atoms with Crippen LogP contribution in [-0.4, -0.2) is 34.1 Å². The second-order valence-electron chi connectivity index (χ2n) is 6.28. The molecule has 6 nitrogen and oxygen atoms in total. The van der Waals surface area contributed by atoms with E-state index in [1.165, 1.54) is 0 Å². The highest BCUT2D eigenvalue weighted by Crippen LogP contribution is 2.21. The van der Waals surface area contributed by atoms with Crippen molar-refractivity contribution in [3.05, 3.63) is 64.5 Å².